The molecule has 7 nitrogen and oxygen atoms in total. The summed E-state index contributed by atoms with van der Waals surface area (Å²) < 4.78 is 38.9. The first-order valence-corrected chi connectivity index (χ1v) is 9.94. The molecule has 3 aromatic rings. The van der Waals surface area contributed by atoms with Crippen molar-refractivity contribution < 1.29 is 17.3 Å². The highest BCUT2D eigenvalue weighted by Gasteiger charge is 2.27. The van der Waals surface area contributed by atoms with E-state index in [0.717, 1.165) is 30.4 Å². The zero-order valence-corrected chi connectivity index (χ0v) is 15.3. The summed E-state index contributed by atoms with van der Waals surface area (Å²) in [5, 5.41) is 7.80. The van der Waals surface area contributed by atoms with Crippen molar-refractivity contribution in [2.24, 2.45) is 0 Å². The first-order chi connectivity index (χ1) is 12.4. The molecule has 0 radical (unpaired) electrons. The fourth-order valence-electron chi connectivity index (χ4n) is 2.77. The molecule has 0 amide bonds. The maximum absolute atomic E-state index is 12.6. The van der Waals surface area contributed by atoms with Crippen LogP contribution >= 0.6 is 0 Å². The monoisotopic (exact) mass is 373 g/mol. The van der Waals surface area contributed by atoms with Crippen molar-refractivity contribution in [1.82, 2.24) is 10.2 Å². The number of nitrogens with one attached hydrogen (secondary N) is 1. The lowest BCUT2D eigenvalue weighted by Crippen LogP contribution is -2.13. The number of benzene rings is 1. The molecular weight excluding hydrogens is 354 g/mol. The molecule has 0 atom stereocenters. The summed E-state index contributed by atoms with van der Waals surface area (Å²) in [7, 11) is -3.85. The van der Waals surface area contributed by atoms with Gasteiger partial charge < -0.3 is 8.83 Å². The fraction of sp³-hybridized carbons (Fsp3) is 0.333. The molecule has 1 fully saturated rings. The average Bonchev–Trinajstić information content (AvgIpc) is 3.18. The van der Waals surface area contributed by atoms with E-state index >= 15 is 0 Å². The van der Waals surface area contributed by atoms with Gasteiger partial charge in [0.2, 0.25) is 11.0 Å². The SMILES string of the molecule is Cc1ccc(C)c(NS(=O)(=O)c2ccc(-c3nnc(C4CCC4)o3)o2)c1. The van der Waals surface area contributed by atoms with Crippen LogP contribution in [0.2, 0.25) is 0 Å². The van der Waals surface area contributed by atoms with Gasteiger partial charge in [-0.1, -0.05) is 18.6 Å². The Morgan fingerprint density at radius 2 is 1.88 bits per heavy atom. The fourth-order valence-corrected chi connectivity index (χ4v) is 3.83. The van der Waals surface area contributed by atoms with E-state index in [-0.39, 0.29) is 16.7 Å². The van der Waals surface area contributed by atoms with Crippen molar-refractivity contribution in [2.75, 3.05) is 4.72 Å². The van der Waals surface area contributed by atoms with Gasteiger partial charge in [0.15, 0.2) is 5.76 Å². The Labute approximate surface area is 151 Å². The second-order valence-corrected chi connectivity index (χ2v) is 8.23. The number of nitrogens with zero attached hydrogens (tertiary/aromatic N) is 2. The van der Waals surface area contributed by atoms with E-state index in [1.165, 1.54) is 12.1 Å². The van der Waals surface area contributed by atoms with Crippen molar-refractivity contribution >= 4 is 15.7 Å². The largest absolute Gasteiger partial charge is 0.438 e. The lowest BCUT2D eigenvalue weighted by atomic mass is 9.85. The van der Waals surface area contributed by atoms with E-state index in [9.17, 15) is 8.42 Å². The Balaban J connectivity index is 1.58. The van der Waals surface area contributed by atoms with Crippen LogP contribution in [0.25, 0.3) is 11.7 Å². The van der Waals surface area contributed by atoms with Crippen LogP contribution in [0.4, 0.5) is 5.69 Å². The van der Waals surface area contributed by atoms with Crippen LogP contribution in [0.1, 0.15) is 42.2 Å². The molecule has 1 aromatic carbocycles. The Morgan fingerprint density at radius 1 is 1.08 bits per heavy atom. The van der Waals surface area contributed by atoms with Crippen molar-refractivity contribution in [3.63, 3.8) is 0 Å². The molecule has 8 heteroatoms. The minimum absolute atomic E-state index is 0.195. The molecule has 0 spiro atoms. The quantitative estimate of drug-likeness (QED) is 0.725. The van der Waals surface area contributed by atoms with E-state index in [2.05, 4.69) is 14.9 Å². The van der Waals surface area contributed by atoms with Crippen LogP contribution in [0, 0.1) is 13.8 Å². The first-order valence-electron chi connectivity index (χ1n) is 8.46. The number of hydrogen-bond acceptors (Lipinski definition) is 6. The van der Waals surface area contributed by atoms with Gasteiger partial charge in [0.05, 0.1) is 5.69 Å². The van der Waals surface area contributed by atoms with E-state index < -0.39 is 10.0 Å². The molecule has 1 N–H and O–H groups in total. The summed E-state index contributed by atoms with van der Waals surface area (Å²) in [6, 6.07) is 8.47. The normalized spacial score (nSPS) is 15.0. The average molecular weight is 373 g/mol. The highest BCUT2D eigenvalue weighted by molar-refractivity contribution is 7.92. The lowest BCUT2D eigenvalue weighted by molar-refractivity contribution is 0.334. The van der Waals surface area contributed by atoms with E-state index in [1.54, 1.807) is 6.07 Å². The predicted octanol–water partition coefficient (Wildman–Crippen LogP) is 4.01. The Hall–Kier alpha value is -2.61. The van der Waals surface area contributed by atoms with Gasteiger partial charge in [0, 0.05) is 5.92 Å². The van der Waals surface area contributed by atoms with E-state index in [4.69, 9.17) is 8.83 Å². The number of furan rings is 1. The second kappa shape index (κ2) is 6.28. The number of aromatic nitrogens is 2. The zero-order valence-electron chi connectivity index (χ0n) is 14.5. The number of anilines is 1. The highest BCUT2D eigenvalue weighted by Crippen LogP contribution is 2.36. The molecule has 136 valence electrons. The van der Waals surface area contributed by atoms with Gasteiger partial charge in [-0.25, -0.2) is 0 Å². The maximum atomic E-state index is 12.6. The number of sulfonamides is 1. The summed E-state index contributed by atoms with van der Waals surface area (Å²) >= 11 is 0. The molecule has 0 bridgehead atoms. The molecule has 26 heavy (non-hydrogen) atoms. The summed E-state index contributed by atoms with van der Waals surface area (Å²) in [6.45, 7) is 3.74. The molecule has 0 saturated heterocycles. The van der Waals surface area contributed by atoms with Crippen molar-refractivity contribution in [1.29, 1.82) is 0 Å². The number of hydrogen-bond donors (Lipinski definition) is 1. The molecule has 1 aliphatic carbocycles. The third kappa shape index (κ3) is 3.12. The van der Waals surface area contributed by atoms with E-state index in [1.807, 2.05) is 26.0 Å². The van der Waals surface area contributed by atoms with Gasteiger partial charge in [0.1, 0.15) is 0 Å². The van der Waals surface area contributed by atoms with Crippen LogP contribution < -0.4 is 4.72 Å². The molecule has 0 unspecified atom stereocenters. The topological polar surface area (TPSA) is 98.2 Å². The first kappa shape index (κ1) is 16.8. The highest BCUT2D eigenvalue weighted by atomic mass is 32.2. The summed E-state index contributed by atoms with van der Waals surface area (Å²) in [5.41, 5.74) is 2.31. The van der Waals surface area contributed by atoms with Gasteiger partial charge in [-0.05, 0) is 56.0 Å². The van der Waals surface area contributed by atoms with Crippen molar-refractivity contribution in [3.8, 4) is 11.7 Å². The molecule has 2 aromatic heterocycles. The minimum atomic E-state index is -3.85. The van der Waals surface area contributed by atoms with Gasteiger partial charge in [0.25, 0.3) is 15.9 Å². The van der Waals surface area contributed by atoms with Crippen LogP contribution in [0.5, 0.6) is 0 Å². The molecule has 4 rings (SSSR count). The van der Waals surface area contributed by atoms with Gasteiger partial charge in [-0.15, -0.1) is 10.2 Å². The molecular formula is C18H19N3O4S. The number of rotatable bonds is 5. The van der Waals surface area contributed by atoms with Gasteiger partial charge in [-0.2, -0.15) is 8.42 Å². The van der Waals surface area contributed by atoms with Crippen LogP contribution in [-0.4, -0.2) is 18.6 Å². The summed E-state index contributed by atoms with van der Waals surface area (Å²) in [6.07, 6.45) is 3.24. The molecule has 1 saturated carbocycles. The van der Waals surface area contributed by atoms with E-state index in [0.29, 0.717) is 17.5 Å². The smallest absolute Gasteiger partial charge is 0.295 e. The summed E-state index contributed by atoms with van der Waals surface area (Å²) in [5.74, 6) is 1.32. The third-order valence-electron chi connectivity index (χ3n) is 4.59. The van der Waals surface area contributed by atoms with Crippen molar-refractivity contribution in [2.45, 2.75) is 44.1 Å². The van der Waals surface area contributed by atoms with Crippen LogP contribution in [0.3, 0.4) is 0 Å². The zero-order chi connectivity index (χ0) is 18.3. The number of aryl methyl sites for hydroxylation is 2. The molecule has 1 aliphatic rings. The predicted molar refractivity (Wildman–Crippen MR) is 95.3 cm³/mol. The Kier molecular flexibility index (Phi) is 4.07. The molecule has 0 aliphatic heterocycles. The van der Waals surface area contributed by atoms with Gasteiger partial charge >= 0.3 is 0 Å². The van der Waals surface area contributed by atoms with Crippen LogP contribution in [0.15, 0.2) is 44.3 Å². The van der Waals surface area contributed by atoms with Gasteiger partial charge in [-0.3, -0.25) is 4.72 Å². The minimum Gasteiger partial charge on any atom is -0.438 e. The third-order valence-corrected chi connectivity index (χ3v) is 5.83. The summed E-state index contributed by atoms with van der Waals surface area (Å²) in [4.78, 5) is 0. The Bertz CT molecular complexity index is 1050. The lowest BCUT2D eigenvalue weighted by Gasteiger charge is -2.20. The maximum Gasteiger partial charge on any atom is 0.295 e. The molecule has 2 heterocycles. The van der Waals surface area contributed by atoms with Crippen LogP contribution in [-0.2, 0) is 10.0 Å². The standard InChI is InChI=1S/C18H19N3O4S/c1-11-6-7-12(2)14(10-11)21-26(22,23)16-9-8-15(24-16)18-20-19-17(25-18)13-4-3-5-13/h6-10,13,21H,3-5H2,1-2H3. The second-order valence-electron chi connectivity index (χ2n) is 6.62. The van der Waals surface area contributed by atoms with Crippen molar-refractivity contribution in [3.05, 3.63) is 47.3 Å². The Morgan fingerprint density at radius 3 is 2.62 bits per heavy atom.